The Balaban J connectivity index is 1.52. The topological polar surface area (TPSA) is 95.5 Å². The van der Waals surface area contributed by atoms with Gasteiger partial charge in [-0.2, -0.15) is 0 Å². The standard InChI is InChI=1S/C33H34F2N4O4S/c1-20-9-11-24(12-10-20)44(41,42)39-19-26(25-16-23(34)18-37-32(25)39)31-29(36-5)17-27(35)28(38-31)14-21-7-6-8-22(13-21)15-30(40)43-33(2,3)4/h9-12,16-19,21-22H,6-8,13-15H2,1-4H3/t21-,22+/m0/s1. The van der Waals surface area contributed by atoms with E-state index in [4.69, 9.17) is 11.3 Å². The first-order chi connectivity index (χ1) is 20.7. The lowest BCUT2D eigenvalue weighted by molar-refractivity contribution is -0.156. The van der Waals surface area contributed by atoms with Gasteiger partial charge in [0.1, 0.15) is 17.2 Å². The van der Waals surface area contributed by atoms with Crippen LogP contribution < -0.4 is 0 Å². The lowest BCUT2D eigenvalue weighted by atomic mass is 9.78. The van der Waals surface area contributed by atoms with Crippen LogP contribution in [0.5, 0.6) is 0 Å². The van der Waals surface area contributed by atoms with Gasteiger partial charge in [-0.25, -0.2) is 31.0 Å². The van der Waals surface area contributed by atoms with Gasteiger partial charge >= 0.3 is 5.97 Å². The second kappa shape index (κ2) is 12.1. The number of rotatable bonds is 7. The van der Waals surface area contributed by atoms with Crippen molar-refractivity contribution in [2.75, 3.05) is 0 Å². The molecule has 0 spiro atoms. The van der Waals surface area contributed by atoms with Crippen molar-refractivity contribution in [3.63, 3.8) is 0 Å². The van der Waals surface area contributed by atoms with Gasteiger partial charge in [-0.15, -0.1) is 0 Å². The molecule has 1 fully saturated rings. The van der Waals surface area contributed by atoms with Crippen LogP contribution >= 0.6 is 0 Å². The molecular formula is C33H34F2N4O4S. The molecule has 1 aromatic carbocycles. The SMILES string of the molecule is [C-]#[N+]c1cc(F)c(C[C@H]2CCC[C@@H](CC(=O)OC(C)(C)C)C2)nc1-c1cn(S(=O)(=O)c2ccc(C)cc2)c2ncc(F)cc12. The summed E-state index contributed by atoms with van der Waals surface area (Å²) in [5.41, 5.74) is 0.467. The summed E-state index contributed by atoms with van der Waals surface area (Å²) >= 11 is 0. The molecule has 1 saturated carbocycles. The third-order valence-electron chi connectivity index (χ3n) is 7.81. The van der Waals surface area contributed by atoms with Gasteiger partial charge in [-0.3, -0.25) is 9.78 Å². The van der Waals surface area contributed by atoms with Gasteiger partial charge in [-0.1, -0.05) is 30.5 Å². The van der Waals surface area contributed by atoms with Crippen molar-refractivity contribution in [3.8, 4) is 11.3 Å². The van der Waals surface area contributed by atoms with Crippen LogP contribution in [0.15, 0.2) is 53.7 Å². The Hall–Kier alpha value is -4.17. The molecule has 4 aromatic rings. The van der Waals surface area contributed by atoms with Gasteiger partial charge in [-0.05, 0) is 83.1 Å². The quantitative estimate of drug-likeness (QED) is 0.156. The molecule has 3 aromatic heterocycles. The molecule has 0 N–H and O–H groups in total. The van der Waals surface area contributed by atoms with Gasteiger partial charge in [0.05, 0.1) is 29.1 Å². The summed E-state index contributed by atoms with van der Waals surface area (Å²) < 4.78 is 63.6. The zero-order valence-corrected chi connectivity index (χ0v) is 25.9. The number of hydrogen-bond acceptors (Lipinski definition) is 6. The first-order valence-electron chi connectivity index (χ1n) is 14.5. The molecule has 0 aliphatic heterocycles. The molecule has 230 valence electrons. The summed E-state index contributed by atoms with van der Waals surface area (Å²) in [6.07, 6.45) is 6.03. The van der Waals surface area contributed by atoms with Gasteiger partial charge in [0, 0.05) is 23.6 Å². The van der Waals surface area contributed by atoms with Crippen molar-refractivity contribution in [3.05, 3.63) is 83.1 Å². The molecule has 1 aliphatic rings. The molecule has 5 rings (SSSR count). The molecule has 0 amide bonds. The maximum absolute atomic E-state index is 15.4. The number of carbonyl (C=O) groups excluding carboxylic acids is 1. The van der Waals surface area contributed by atoms with Crippen molar-refractivity contribution < 1.29 is 26.7 Å². The number of fused-ring (bicyclic) bond motifs is 1. The Morgan fingerprint density at radius 2 is 1.84 bits per heavy atom. The van der Waals surface area contributed by atoms with E-state index in [0.29, 0.717) is 12.8 Å². The summed E-state index contributed by atoms with van der Waals surface area (Å²) in [6.45, 7) is 15.0. The molecular weight excluding hydrogens is 586 g/mol. The summed E-state index contributed by atoms with van der Waals surface area (Å²) in [5, 5.41) is 0.130. The molecule has 0 saturated heterocycles. The van der Waals surface area contributed by atoms with E-state index in [1.807, 2.05) is 27.7 Å². The van der Waals surface area contributed by atoms with Crippen molar-refractivity contribution in [2.45, 2.75) is 76.7 Å². The van der Waals surface area contributed by atoms with Crippen LogP contribution in [0, 0.1) is 37.0 Å². The monoisotopic (exact) mass is 620 g/mol. The largest absolute Gasteiger partial charge is 0.460 e. The van der Waals surface area contributed by atoms with Crippen LogP contribution in [-0.4, -0.2) is 33.9 Å². The number of aromatic nitrogens is 3. The van der Waals surface area contributed by atoms with Crippen LogP contribution in [-0.2, 0) is 26.0 Å². The number of ether oxygens (including phenoxy) is 1. The van der Waals surface area contributed by atoms with Crippen LogP contribution in [0.3, 0.4) is 0 Å². The fourth-order valence-electron chi connectivity index (χ4n) is 5.86. The molecule has 0 bridgehead atoms. The molecule has 8 nitrogen and oxygen atoms in total. The first-order valence-corrected chi connectivity index (χ1v) is 16.0. The Kier molecular flexibility index (Phi) is 8.58. The van der Waals surface area contributed by atoms with Gasteiger partial charge in [0.15, 0.2) is 5.65 Å². The first kappa shape index (κ1) is 31.3. The molecule has 0 unspecified atom stereocenters. The fraction of sp³-hybridized carbons (Fsp3) is 0.394. The van der Waals surface area contributed by atoms with Crippen LogP contribution in [0.25, 0.3) is 27.1 Å². The van der Waals surface area contributed by atoms with E-state index in [1.165, 1.54) is 18.3 Å². The number of hydrogen-bond donors (Lipinski definition) is 0. The van der Waals surface area contributed by atoms with Gasteiger partial charge in [0.2, 0.25) is 5.69 Å². The zero-order valence-electron chi connectivity index (χ0n) is 25.1. The molecule has 3 heterocycles. The van der Waals surface area contributed by atoms with Crippen molar-refractivity contribution in [1.82, 2.24) is 13.9 Å². The van der Waals surface area contributed by atoms with E-state index in [0.717, 1.165) is 47.1 Å². The Labute approximate surface area is 256 Å². The normalized spacial score (nSPS) is 17.4. The lowest BCUT2D eigenvalue weighted by Crippen LogP contribution is -2.27. The number of nitrogens with zero attached hydrogens (tertiary/aromatic N) is 4. The third-order valence-corrected chi connectivity index (χ3v) is 9.47. The van der Waals surface area contributed by atoms with Gasteiger partial charge in [0.25, 0.3) is 10.0 Å². The number of benzene rings is 1. The average molecular weight is 621 g/mol. The average Bonchev–Trinajstić information content (AvgIpc) is 3.32. The molecule has 1 aliphatic carbocycles. The minimum Gasteiger partial charge on any atom is -0.460 e. The molecule has 44 heavy (non-hydrogen) atoms. The number of halogens is 2. The summed E-state index contributed by atoms with van der Waals surface area (Å²) in [5.74, 6) is -1.45. The van der Waals surface area contributed by atoms with Crippen molar-refractivity contribution >= 4 is 32.7 Å². The van der Waals surface area contributed by atoms with Crippen molar-refractivity contribution in [2.24, 2.45) is 11.8 Å². The van der Waals surface area contributed by atoms with E-state index in [2.05, 4.69) is 14.8 Å². The van der Waals surface area contributed by atoms with Crippen LogP contribution in [0.2, 0.25) is 0 Å². The van der Waals surface area contributed by atoms with E-state index < -0.39 is 27.3 Å². The second-order valence-electron chi connectivity index (χ2n) is 12.5. The minimum absolute atomic E-state index is 0.00839. The smallest absolute Gasteiger partial charge is 0.306 e. The Morgan fingerprint density at radius 3 is 2.52 bits per heavy atom. The third kappa shape index (κ3) is 6.65. The number of esters is 1. The number of carbonyl (C=O) groups is 1. The van der Waals surface area contributed by atoms with Crippen LogP contribution in [0.4, 0.5) is 14.5 Å². The highest BCUT2D eigenvalue weighted by molar-refractivity contribution is 7.90. The zero-order chi connectivity index (χ0) is 31.8. The van der Waals surface area contributed by atoms with E-state index in [9.17, 15) is 17.6 Å². The van der Waals surface area contributed by atoms with Crippen LogP contribution in [0.1, 0.15) is 64.1 Å². The summed E-state index contributed by atoms with van der Waals surface area (Å²) in [4.78, 5) is 24.5. The van der Waals surface area contributed by atoms with Crippen molar-refractivity contribution in [1.29, 1.82) is 0 Å². The Morgan fingerprint density at radius 1 is 1.14 bits per heavy atom. The molecule has 2 atom stereocenters. The maximum Gasteiger partial charge on any atom is 0.306 e. The number of aryl methyl sites for hydroxylation is 1. The van der Waals surface area contributed by atoms with E-state index in [-0.39, 0.29) is 62.8 Å². The highest BCUT2D eigenvalue weighted by Crippen LogP contribution is 2.39. The van der Waals surface area contributed by atoms with Gasteiger partial charge < -0.3 is 4.74 Å². The highest BCUT2D eigenvalue weighted by Gasteiger charge is 2.29. The summed E-state index contributed by atoms with van der Waals surface area (Å²) in [7, 11) is -4.16. The molecule has 0 radical (unpaired) electrons. The Bertz CT molecular complexity index is 1870. The summed E-state index contributed by atoms with van der Waals surface area (Å²) in [6, 6.07) is 8.51. The lowest BCUT2D eigenvalue weighted by Gasteiger charge is -2.29. The minimum atomic E-state index is -4.16. The maximum atomic E-state index is 15.4. The predicted octanol–water partition coefficient (Wildman–Crippen LogP) is 7.55. The van der Waals surface area contributed by atoms with E-state index in [1.54, 1.807) is 12.1 Å². The van der Waals surface area contributed by atoms with E-state index >= 15 is 4.39 Å². The highest BCUT2D eigenvalue weighted by atomic mass is 32.2. The molecule has 11 heteroatoms. The predicted molar refractivity (Wildman–Crippen MR) is 163 cm³/mol. The second-order valence-corrected chi connectivity index (χ2v) is 14.3. The fourth-order valence-corrected chi connectivity index (χ4v) is 7.18. The number of pyridine rings is 2.